The zero-order valence-electron chi connectivity index (χ0n) is 51.2. The third-order valence-electron chi connectivity index (χ3n) is 19.3. The van der Waals surface area contributed by atoms with Gasteiger partial charge in [0, 0.05) is 56.7 Å². The number of thiophene rings is 2. The van der Waals surface area contributed by atoms with E-state index in [2.05, 4.69) is 340 Å². The summed E-state index contributed by atoms with van der Waals surface area (Å²) in [7, 11) is 0. The predicted molar refractivity (Wildman–Crippen MR) is 401 cm³/mol. The fraction of sp³-hybridized carbons (Fsp3) is 0.0110. The second kappa shape index (κ2) is 23.0. The van der Waals surface area contributed by atoms with Crippen molar-refractivity contribution in [2.45, 2.75) is 5.41 Å². The standard InChI is InChI=1S/C48H30S2.C43H28O/c1-3-19-39(35(17-1)31-13-9-15-33(29-31)37-23-11-25-43-41-21-5-7-27-45(41)49-47(37)43)40-20-4-2-18-36(40)32-14-10-16-34(30-32)38-24-12-26-44-42-22-6-8-28-46(42)50-48(38)44;1-2-16-32(17-3-1)43(39-24-7-4-19-35(39)36-20-5-8-25-40(36)43)33-18-11-14-30(28-33)29-13-10-15-31(27-29)34-22-12-23-38-37-21-6-9-26-41(37)44-42(34)38/h1-30H;1-28H. The second-order valence-electron chi connectivity index (χ2n) is 24.5. The van der Waals surface area contributed by atoms with Gasteiger partial charge in [0.1, 0.15) is 11.2 Å². The van der Waals surface area contributed by atoms with E-state index in [4.69, 9.17) is 4.42 Å². The van der Waals surface area contributed by atoms with Crippen molar-refractivity contribution in [1.29, 1.82) is 0 Å². The molecule has 0 bridgehead atoms. The lowest BCUT2D eigenvalue weighted by atomic mass is 9.67. The Morgan fingerprint density at radius 2 is 0.564 bits per heavy atom. The maximum Gasteiger partial charge on any atom is 0.143 e. The van der Waals surface area contributed by atoms with E-state index in [1.54, 1.807) is 0 Å². The Kier molecular flexibility index (Phi) is 13.6. The van der Waals surface area contributed by atoms with Gasteiger partial charge in [0.2, 0.25) is 0 Å². The first-order chi connectivity index (χ1) is 46.6. The highest BCUT2D eigenvalue weighted by Crippen LogP contribution is 2.57. The van der Waals surface area contributed by atoms with E-state index >= 15 is 0 Å². The number of rotatable bonds is 9. The minimum absolute atomic E-state index is 0.415. The summed E-state index contributed by atoms with van der Waals surface area (Å²) in [5.41, 5.74) is 26.3. The summed E-state index contributed by atoms with van der Waals surface area (Å²) in [6.07, 6.45) is 0. The minimum Gasteiger partial charge on any atom is -0.455 e. The number of benzene rings is 15. The van der Waals surface area contributed by atoms with Crippen LogP contribution in [0.5, 0.6) is 0 Å². The first-order valence-electron chi connectivity index (χ1n) is 32.2. The monoisotopic (exact) mass is 1230 g/mol. The van der Waals surface area contributed by atoms with Gasteiger partial charge in [0.25, 0.3) is 0 Å². The van der Waals surface area contributed by atoms with Crippen LogP contribution in [-0.4, -0.2) is 0 Å². The second-order valence-corrected chi connectivity index (χ2v) is 26.6. The van der Waals surface area contributed by atoms with Gasteiger partial charge in [-0.2, -0.15) is 0 Å². The SMILES string of the molecule is c1cc(-c2ccccc2-c2ccccc2-c2cccc(-c3cccc4c3sc3ccccc34)c2)cc(-c2cccc3c2sc2ccccc23)c1.c1ccc(C2(c3cccc(-c4cccc(-c5cccc6c5oc5ccccc56)c4)c3)c3ccccc3-c3ccccc32)cc1. The van der Waals surface area contributed by atoms with Gasteiger partial charge in [-0.1, -0.05) is 309 Å². The molecule has 19 rings (SSSR count). The normalized spacial score (nSPS) is 12.3. The fourth-order valence-corrected chi connectivity index (χ4v) is 17.6. The van der Waals surface area contributed by atoms with Crippen LogP contribution in [0.1, 0.15) is 22.3 Å². The van der Waals surface area contributed by atoms with Crippen molar-refractivity contribution in [2.75, 3.05) is 0 Å². The molecule has 3 heterocycles. The van der Waals surface area contributed by atoms with Crippen molar-refractivity contribution < 1.29 is 4.42 Å². The molecule has 18 aromatic rings. The van der Waals surface area contributed by atoms with E-state index < -0.39 is 5.41 Å². The summed E-state index contributed by atoms with van der Waals surface area (Å²) in [4.78, 5) is 0. The van der Waals surface area contributed by atoms with Crippen LogP contribution in [0, 0.1) is 0 Å². The third-order valence-corrected chi connectivity index (χ3v) is 21.7. The lowest BCUT2D eigenvalue weighted by molar-refractivity contribution is 0.670. The molecular formula is C91H58OS2. The van der Waals surface area contributed by atoms with Gasteiger partial charge in [-0.25, -0.2) is 0 Å². The average Bonchev–Trinajstić information content (AvgIpc) is 1.53. The van der Waals surface area contributed by atoms with Crippen molar-refractivity contribution in [2.24, 2.45) is 0 Å². The Labute approximate surface area is 554 Å². The molecule has 0 aliphatic heterocycles. The van der Waals surface area contributed by atoms with Crippen molar-refractivity contribution in [3.8, 4) is 89.0 Å². The van der Waals surface area contributed by atoms with Gasteiger partial charge in [-0.15, -0.1) is 22.7 Å². The molecule has 3 aromatic heterocycles. The predicted octanol–water partition coefficient (Wildman–Crippen LogP) is 26.0. The van der Waals surface area contributed by atoms with Gasteiger partial charge in [0.05, 0.1) is 5.41 Å². The van der Waals surface area contributed by atoms with Crippen molar-refractivity contribution in [1.82, 2.24) is 0 Å². The van der Waals surface area contributed by atoms with E-state index in [9.17, 15) is 0 Å². The van der Waals surface area contributed by atoms with E-state index in [0.29, 0.717) is 0 Å². The van der Waals surface area contributed by atoms with Crippen LogP contribution in [-0.2, 0) is 5.41 Å². The molecule has 0 radical (unpaired) electrons. The van der Waals surface area contributed by atoms with Crippen LogP contribution in [0.2, 0.25) is 0 Å². The Balaban J connectivity index is 0.000000139. The molecule has 15 aromatic carbocycles. The number of fused-ring (bicyclic) bond motifs is 12. The lowest BCUT2D eigenvalue weighted by Gasteiger charge is -2.34. The van der Waals surface area contributed by atoms with Crippen LogP contribution in [0.4, 0.5) is 0 Å². The zero-order chi connectivity index (χ0) is 62.1. The van der Waals surface area contributed by atoms with E-state index in [-0.39, 0.29) is 0 Å². The molecule has 0 atom stereocenters. The number of furan rings is 1. The van der Waals surface area contributed by atoms with Gasteiger partial charge in [0.15, 0.2) is 0 Å². The number of hydrogen-bond donors (Lipinski definition) is 0. The molecule has 1 aliphatic carbocycles. The summed E-state index contributed by atoms with van der Waals surface area (Å²) in [5.74, 6) is 0. The Morgan fingerprint density at radius 3 is 1.13 bits per heavy atom. The van der Waals surface area contributed by atoms with Crippen LogP contribution < -0.4 is 0 Å². The topological polar surface area (TPSA) is 13.1 Å². The molecule has 0 amide bonds. The number of hydrogen-bond acceptors (Lipinski definition) is 3. The Hall–Kier alpha value is -11.5. The third kappa shape index (κ3) is 9.18. The lowest BCUT2D eigenvalue weighted by Crippen LogP contribution is -2.28. The van der Waals surface area contributed by atoms with Crippen molar-refractivity contribution >= 4 is 85.0 Å². The van der Waals surface area contributed by atoms with E-state index in [0.717, 1.165) is 33.1 Å². The van der Waals surface area contributed by atoms with Crippen LogP contribution in [0.25, 0.3) is 151 Å². The van der Waals surface area contributed by atoms with Crippen molar-refractivity contribution in [3.05, 3.63) is 374 Å². The molecule has 0 N–H and O–H groups in total. The largest absolute Gasteiger partial charge is 0.455 e. The van der Waals surface area contributed by atoms with Gasteiger partial charge in [-0.05, 0) is 148 Å². The summed E-state index contributed by atoms with van der Waals surface area (Å²) >= 11 is 3.77. The molecule has 1 nitrogen and oxygen atoms in total. The van der Waals surface area contributed by atoms with Gasteiger partial charge >= 0.3 is 0 Å². The minimum atomic E-state index is -0.415. The molecule has 0 saturated carbocycles. The van der Waals surface area contributed by atoms with Gasteiger partial charge in [-0.3, -0.25) is 0 Å². The summed E-state index contributed by atoms with van der Waals surface area (Å²) < 4.78 is 11.7. The molecule has 0 saturated heterocycles. The highest BCUT2D eigenvalue weighted by molar-refractivity contribution is 7.26. The molecule has 440 valence electrons. The smallest absolute Gasteiger partial charge is 0.143 e. The van der Waals surface area contributed by atoms with Crippen LogP contribution in [0.3, 0.4) is 0 Å². The average molecular weight is 1230 g/mol. The van der Waals surface area contributed by atoms with Crippen molar-refractivity contribution in [3.63, 3.8) is 0 Å². The summed E-state index contributed by atoms with van der Waals surface area (Å²) in [6.45, 7) is 0. The van der Waals surface area contributed by atoms with Crippen LogP contribution >= 0.6 is 22.7 Å². The maximum absolute atomic E-state index is 6.40. The Morgan fingerprint density at radius 1 is 0.213 bits per heavy atom. The maximum atomic E-state index is 6.40. The first kappa shape index (κ1) is 55.4. The molecule has 0 fully saturated rings. The molecule has 3 heteroatoms. The first-order valence-corrected chi connectivity index (χ1v) is 33.8. The summed E-state index contributed by atoms with van der Waals surface area (Å²) in [6, 6.07) is 128. The highest BCUT2D eigenvalue weighted by atomic mass is 32.1. The summed E-state index contributed by atoms with van der Waals surface area (Å²) in [5, 5.41) is 7.61. The fourth-order valence-electron chi connectivity index (χ4n) is 15.1. The number of para-hydroxylation sites is 2. The molecule has 94 heavy (non-hydrogen) atoms. The molecular weight excluding hydrogens is 1170 g/mol. The van der Waals surface area contributed by atoms with E-state index in [1.165, 1.54) is 140 Å². The zero-order valence-corrected chi connectivity index (χ0v) is 52.8. The molecule has 0 unspecified atom stereocenters. The Bertz CT molecular complexity index is 5710. The van der Waals surface area contributed by atoms with E-state index in [1.807, 2.05) is 34.8 Å². The highest BCUT2D eigenvalue weighted by Gasteiger charge is 2.46. The quantitative estimate of drug-likeness (QED) is 0.140. The molecule has 1 aliphatic rings. The van der Waals surface area contributed by atoms with Gasteiger partial charge < -0.3 is 4.42 Å². The molecule has 0 spiro atoms. The van der Waals surface area contributed by atoms with Crippen LogP contribution in [0.15, 0.2) is 356 Å².